The van der Waals surface area contributed by atoms with E-state index >= 15 is 0 Å². The lowest BCUT2D eigenvalue weighted by molar-refractivity contribution is -0.123. The number of hydrogen-bond donors (Lipinski definition) is 1. The molecular formula is C22H19NO5S. The third kappa shape index (κ3) is 4.89. The van der Waals surface area contributed by atoms with Gasteiger partial charge < -0.3 is 14.8 Å². The molecule has 1 heterocycles. The first-order valence-corrected chi connectivity index (χ1v) is 9.70. The second-order valence-corrected chi connectivity index (χ2v) is 7.06. The van der Waals surface area contributed by atoms with Crippen LogP contribution in [0, 0.1) is 0 Å². The van der Waals surface area contributed by atoms with Gasteiger partial charge in [-0.05, 0) is 48.7 Å². The number of amides is 1. The highest BCUT2D eigenvalue weighted by atomic mass is 32.1. The molecule has 0 saturated carbocycles. The van der Waals surface area contributed by atoms with Crippen molar-refractivity contribution in [3.63, 3.8) is 0 Å². The van der Waals surface area contributed by atoms with Crippen LogP contribution < -0.4 is 10.1 Å². The molecule has 0 aliphatic rings. The van der Waals surface area contributed by atoms with Crippen LogP contribution in [0.25, 0.3) is 0 Å². The Morgan fingerprint density at radius 2 is 1.62 bits per heavy atom. The molecule has 0 saturated heterocycles. The second-order valence-electron chi connectivity index (χ2n) is 6.12. The average molecular weight is 409 g/mol. The van der Waals surface area contributed by atoms with Gasteiger partial charge in [0.1, 0.15) is 5.75 Å². The molecule has 0 fully saturated rings. The van der Waals surface area contributed by atoms with Gasteiger partial charge in [0, 0.05) is 11.3 Å². The molecule has 2 aromatic carbocycles. The van der Waals surface area contributed by atoms with E-state index in [1.807, 2.05) is 0 Å². The molecule has 0 aliphatic heterocycles. The van der Waals surface area contributed by atoms with E-state index in [0.29, 0.717) is 16.3 Å². The van der Waals surface area contributed by atoms with Gasteiger partial charge in [-0.25, -0.2) is 4.79 Å². The summed E-state index contributed by atoms with van der Waals surface area (Å²) in [7, 11) is 1.55. The van der Waals surface area contributed by atoms with Crippen LogP contribution in [-0.4, -0.2) is 30.9 Å². The normalized spacial score (nSPS) is 11.4. The summed E-state index contributed by atoms with van der Waals surface area (Å²) in [5.41, 5.74) is 0.907. The number of ketones is 1. The smallest absolute Gasteiger partial charge is 0.339 e. The van der Waals surface area contributed by atoms with Crippen LogP contribution in [0.4, 0.5) is 5.69 Å². The van der Waals surface area contributed by atoms with E-state index in [-0.39, 0.29) is 16.9 Å². The summed E-state index contributed by atoms with van der Waals surface area (Å²) in [5.74, 6) is -0.814. The molecule has 0 unspecified atom stereocenters. The quantitative estimate of drug-likeness (QED) is 0.468. The highest BCUT2D eigenvalue weighted by molar-refractivity contribution is 7.12. The lowest BCUT2D eigenvalue weighted by Crippen LogP contribution is -2.30. The summed E-state index contributed by atoms with van der Waals surface area (Å²) in [5, 5.41) is 4.46. The number of carbonyl (C=O) groups is 3. The van der Waals surface area contributed by atoms with E-state index in [1.54, 1.807) is 67.1 Å². The maximum absolute atomic E-state index is 12.7. The Hall–Kier alpha value is -3.45. The number of rotatable bonds is 7. The standard InChI is InChI=1S/C22H19NO5S/c1-14(21(25)23-15-9-11-16(27-2)12-10-15)28-22(26)18-7-4-3-6-17(18)20(24)19-8-5-13-29-19/h3-14H,1-2H3,(H,23,25)/t14-/m1/s1. The number of methoxy groups -OCH3 is 1. The zero-order chi connectivity index (χ0) is 20.8. The average Bonchev–Trinajstić information content (AvgIpc) is 3.28. The fourth-order valence-electron chi connectivity index (χ4n) is 2.60. The third-order valence-electron chi connectivity index (χ3n) is 4.15. The Morgan fingerprint density at radius 1 is 0.931 bits per heavy atom. The number of thiophene rings is 1. The fourth-order valence-corrected chi connectivity index (χ4v) is 3.27. The highest BCUT2D eigenvalue weighted by Gasteiger charge is 2.23. The van der Waals surface area contributed by atoms with E-state index in [2.05, 4.69) is 5.32 Å². The number of carbonyl (C=O) groups excluding carboxylic acids is 3. The molecule has 7 heteroatoms. The van der Waals surface area contributed by atoms with Gasteiger partial charge in [0.15, 0.2) is 6.10 Å². The van der Waals surface area contributed by atoms with Crippen molar-refractivity contribution in [3.8, 4) is 5.75 Å². The van der Waals surface area contributed by atoms with Crippen LogP contribution in [0.3, 0.4) is 0 Å². The minimum atomic E-state index is -1.05. The van der Waals surface area contributed by atoms with Gasteiger partial charge in [0.2, 0.25) is 5.78 Å². The SMILES string of the molecule is COc1ccc(NC(=O)[C@@H](C)OC(=O)c2ccccc2C(=O)c2cccs2)cc1. The first-order chi connectivity index (χ1) is 14.0. The van der Waals surface area contributed by atoms with E-state index in [0.717, 1.165) is 0 Å². The van der Waals surface area contributed by atoms with Crippen LogP contribution >= 0.6 is 11.3 Å². The second kappa shape index (κ2) is 9.16. The van der Waals surface area contributed by atoms with Crippen molar-refractivity contribution in [1.82, 2.24) is 0 Å². The van der Waals surface area contributed by atoms with Gasteiger partial charge in [0.05, 0.1) is 17.6 Å². The van der Waals surface area contributed by atoms with E-state index in [9.17, 15) is 14.4 Å². The van der Waals surface area contributed by atoms with Gasteiger partial charge in [-0.2, -0.15) is 0 Å². The highest BCUT2D eigenvalue weighted by Crippen LogP contribution is 2.20. The Labute approximate surface area is 172 Å². The minimum Gasteiger partial charge on any atom is -0.497 e. The van der Waals surface area contributed by atoms with Crippen molar-refractivity contribution in [2.75, 3.05) is 12.4 Å². The Morgan fingerprint density at radius 3 is 2.24 bits per heavy atom. The summed E-state index contributed by atoms with van der Waals surface area (Å²) >= 11 is 1.29. The van der Waals surface area contributed by atoms with Crippen molar-refractivity contribution in [2.24, 2.45) is 0 Å². The topological polar surface area (TPSA) is 81.7 Å². The molecule has 3 rings (SSSR count). The Balaban J connectivity index is 1.69. The van der Waals surface area contributed by atoms with Crippen molar-refractivity contribution >= 4 is 34.7 Å². The van der Waals surface area contributed by atoms with Gasteiger partial charge in [0.25, 0.3) is 5.91 Å². The molecule has 1 atom stereocenters. The zero-order valence-electron chi connectivity index (χ0n) is 15.9. The summed E-state index contributed by atoms with van der Waals surface area (Å²) in [6, 6.07) is 16.6. The molecule has 1 amide bonds. The van der Waals surface area contributed by atoms with Gasteiger partial charge >= 0.3 is 5.97 Å². The predicted octanol–water partition coefficient (Wildman–Crippen LogP) is 4.17. The van der Waals surface area contributed by atoms with Gasteiger partial charge in [-0.3, -0.25) is 9.59 Å². The molecule has 148 valence electrons. The fraction of sp³-hybridized carbons (Fsp3) is 0.136. The van der Waals surface area contributed by atoms with E-state index in [4.69, 9.17) is 9.47 Å². The van der Waals surface area contributed by atoms with Crippen molar-refractivity contribution in [1.29, 1.82) is 0 Å². The number of nitrogens with one attached hydrogen (secondary N) is 1. The molecule has 29 heavy (non-hydrogen) atoms. The first kappa shape index (κ1) is 20.3. The van der Waals surface area contributed by atoms with Gasteiger partial charge in [-0.15, -0.1) is 11.3 Å². The summed E-state index contributed by atoms with van der Waals surface area (Å²) < 4.78 is 10.4. The molecule has 0 bridgehead atoms. The maximum atomic E-state index is 12.7. The monoisotopic (exact) mass is 409 g/mol. The Bertz CT molecular complexity index is 1010. The molecule has 6 nitrogen and oxygen atoms in total. The van der Waals surface area contributed by atoms with E-state index < -0.39 is 18.0 Å². The molecule has 3 aromatic rings. The molecule has 0 radical (unpaired) electrons. The number of esters is 1. The lowest BCUT2D eigenvalue weighted by atomic mass is 10.0. The first-order valence-electron chi connectivity index (χ1n) is 8.82. The summed E-state index contributed by atoms with van der Waals surface area (Å²) in [4.78, 5) is 38.2. The van der Waals surface area contributed by atoms with E-state index in [1.165, 1.54) is 24.3 Å². The van der Waals surface area contributed by atoms with Gasteiger partial charge in [-0.1, -0.05) is 24.3 Å². The van der Waals surface area contributed by atoms with Crippen molar-refractivity contribution in [2.45, 2.75) is 13.0 Å². The molecule has 0 spiro atoms. The number of ether oxygens (including phenoxy) is 2. The molecule has 1 N–H and O–H groups in total. The molecular weight excluding hydrogens is 390 g/mol. The van der Waals surface area contributed by atoms with Crippen molar-refractivity contribution in [3.05, 3.63) is 82.0 Å². The lowest BCUT2D eigenvalue weighted by Gasteiger charge is -2.15. The molecule has 0 aliphatic carbocycles. The largest absolute Gasteiger partial charge is 0.497 e. The maximum Gasteiger partial charge on any atom is 0.339 e. The molecule has 1 aromatic heterocycles. The van der Waals surface area contributed by atoms with Crippen LogP contribution in [0.2, 0.25) is 0 Å². The number of anilines is 1. The third-order valence-corrected chi connectivity index (χ3v) is 5.02. The van der Waals surface area contributed by atoms with Crippen LogP contribution in [0.15, 0.2) is 66.0 Å². The van der Waals surface area contributed by atoms with Crippen molar-refractivity contribution < 1.29 is 23.9 Å². The number of hydrogen-bond acceptors (Lipinski definition) is 6. The predicted molar refractivity (Wildman–Crippen MR) is 111 cm³/mol. The Kier molecular flexibility index (Phi) is 6.41. The summed E-state index contributed by atoms with van der Waals surface area (Å²) in [6.07, 6.45) is -1.05. The minimum absolute atomic E-state index is 0.120. The van der Waals surface area contributed by atoms with Crippen LogP contribution in [0.5, 0.6) is 5.75 Å². The summed E-state index contributed by atoms with van der Waals surface area (Å²) in [6.45, 7) is 1.47. The number of benzene rings is 2. The zero-order valence-corrected chi connectivity index (χ0v) is 16.7. The van der Waals surface area contributed by atoms with Crippen LogP contribution in [0.1, 0.15) is 32.5 Å². The van der Waals surface area contributed by atoms with Crippen LogP contribution in [-0.2, 0) is 9.53 Å².